The van der Waals surface area contributed by atoms with Gasteiger partial charge >= 0.3 is 12.1 Å². The zero-order valence-electron chi connectivity index (χ0n) is 8.76. The minimum atomic E-state index is -5.03. The first-order chi connectivity index (χ1) is 6.71. The zero-order chi connectivity index (χ0) is 12.2. The van der Waals surface area contributed by atoms with Crippen LogP contribution in [0.3, 0.4) is 0 Å². The molecule has 88 valence electrons. The quantitative estimate of drug-likeness (QED) is 0.678. The lowest BCUT2D eigenvalue weighted by Crippen LogP contribution is -2.51. The van der Waals surface area contributed by atoms with Gasteiger partial charge in [0.1, 0.15) is 0 Å². The largest absolute Gasteiger partial charge is 0.473 e. The van der Waals surface area contributed by atoms with Gasteiger partial charge in [0.25, 0.3) is 0 Å². The molecular formula is C8H13F3N2O2. The zero-order valence-corrected chi connectivity index (χ0v) is 8.76. The first-order valence-corrected chi connectivity index (χ1v) is 4.33. The summed E-state index contributed by atoms with van der Waals surface area (Å²) in [5.41, 5.74) is 0. The van der Waals surface area contributed by atoms with Crippen LogP contribution in [0.4, 0.5) is 13.2 Å². The Balaban J connectivity index is 4.83. The van der Waals surface area contributed by atoms with Gasteiger partial charge in [-0.1, -0.05) is 6.92 Å². The number of amides is 2. The Hall–Kier alpha value is -1.11. The summed E-state index contributed by atoms with van der Waals surface area (Å²) in [5, 5.41) is 0.928. The number of hydrogen-bond acceptors (Lipinski definition) is 3. The molecule has 0 N–H and O–H groups in total. The van der Waals surface area contributed by atoms with Crippen molar-refractivity contribution in [2.45, 2.75) is 25.9 Å². The molecule has 15 heavy (non-hydrogen) atoms. The van der Waals surface area contributed by atoms with Crippen molar-refractivity contribution >= 4 is 11.8 Å². The maximum absolute atomic E-state index is 12.1. The van der Waals surface area contributed by atoms with Gasteiger partial charge in [0.2, 0.25) is 5.91 Å². The molecule has 0 radical (unpaired) electrons. The van der Waals surface area contributed by atoms with Crippen LogP contribution >= 0.6 is 0 Å². The molecule has 0 atom stereocenters. The molecule has 0 aliphatic rings. The van der Waals surface area contributed by atoms with Crippen molar-refractivity contribution in [2.24, 2.45) is 0 Å². The van der Waals surface area contributed by atoms with E-state index in [1.807, 2.05) is 0 Å². The molecule has 0 aromatic carbocycles. The minimum Gasteiger partial charge on any atom is -0.273 e. The van der Waals surface area contributed by atoms with Crippen molar-refractivity contribution in [2.75, 3.05) is 14.1 Å². The molecular weight excluding hydrogens is 213 g/mol. The SMILES string of the molecule is CCCC(=O)N(C(=O)C(F)(F)F)N(C)C. The summed E-state index contributed by atoms with van der Waals surface area (Å²) in [6, 6.07) is 0. The third-order valence-electron chi connectivity index (χ3n) is 1.53. The van der Waals surface area contributed by atoms with Crippen LogP contribution in [0.5, 0.6) is 0 Å². The van der Waals surface area contributed by atoms with Crippen LogP contribution in [-0.2, 0) is 9.59 Å². The van der Waals surface area contributed by atoms with Crippen LogP contribution < -0.4 is 0 Å². The second-order valence-electron chi connectivity index (χ2n) is 3.11. The first-order valence-electron chi connectivity index (χ1n) is 4.33. The van der Waals surface area contributed by atoms with Crippen LogP contribution in [-0.4, -0.2) is 42.1 Å². The number of rotatable bonds is 3. The van der Waals surface area contributed by atoms with E-state index in [1.54, 1.807) is 6.92 Å². The highest BCUT2D eigenvalue weighted by atomic mass is 19.4. The molecule has 4 nitrogen and oxygen atoms in total. The molecule has 0 saturated heterocycles. The van der Waals surface area contributed by atoms with Crippen molar-refractivity contribution in [3.05, 3.63) is 0 Å². The van der Waals surface area contributed by atoms with Gasteiger partial charge in [0.15, 0.2) is 0 Å². The summed E-state index contributed by atoms with van der Waals surface area (Å²) >= 11 is 0. The fourth-order valence-corrected chi connectivity index (χ4v) is 0.958. The van der Waals surface area contributed by atoms with Crippen LogP contribution in [0.15, 0.2) is 0 Å². The fourth-order valence-electron chi connectivity index (χ4n) is 0.958. The Kier molecular flexibility index (Phi) is 4.73. The number of halogens is 3. The summed E-state index contributed by atoms with van der Waals surface area (Å²) in [5.74, 6) is -3.02. The Morgan fingerprint density at radius 3 is 1.93 bits per heavy atom. The maximum Gasteiger partial charge on any atom is 0.473 e. The molecule has 0 aliphatic heterocycles. The van der Waals surface area contributed by atoms with Gasteiger partial charge in [-0.15, -0.1) is 0 Å². The van der Waals surface area contributed by atoms with E-state index in [0.717, 1.165) is 5.01 Å². The van der Waals surface area contributed by atoms with Gasteiger partial charge in [0, 0.05) is 20.5 Å². The maximum atomic E-state index is 12.1. The number of hydrogen-bond donors (Lipinski definition) is 0. The summed E-state index contributed by atoms with van der Waals surface area (Å²) in [7, 11) is 2.41. The van der Waals surface area contributed by atoms with Crippen molar-refractivity contribution in [3.8, 4) is 0 Å². The normalized spacial score (nSPS) is 11.7. The molecule has 0 bridgehead atoms. The third kappa shape index (κ3) is 3.86. The molecule has 7 heteroatoms. The molecule has 0 aromatic heterocycles. The molecule has 0 saturated carbocycles. The molecule has 0 fully saturated rings. The summed E-state index contributed by atoms with van der Waals surface area (Å²) in [4.78, 5) is 22.1. The predicted molar refractivity (Wildman–Crippen MR) is 46.5 cm³/mol. The molecule has 2 amide bonds. The van der Waals surface area contributed by atoms with E-state index >= 15 is 0 Å². The van der Waals surface area contributed by atoms with E-state index in [4.69, 9.17) is 0 Å². The Labute approximate surface area is 85.6 Å². The van der Waals surface area contributed by atoms with E-state index in [1.165, 1.54) is 14.1 Å². The average molecular weight is 226 g/mol. The van der Waals surface area contributed by atoms with Gasteiger partial charge in [-0.2, -0.15) is 13.2 Å². The molecule has 0 aliphatic carbocycles. The number of carbonyl (C=O) groups is 2. The predicted octanol–water partition coefficient (Wildman–Crippen LogP) is 1.18. The van der Waals surface area contributed by atoms with Gasteiger partial charge in [-0.3, -0.25) is 9.59 Å². The average Bonchev–Trinajstić information content (AvgIpc) is 2.02. The van der Waals surface area contributed by atoms with Crippen molar-refractivity contribution in [1.29, 1.82) is 0 Å². The van der Waals surface area contributed by atoms with Crippen LogP contribution in [0, 0.1) is 0 Å². The van der Waals surface area contributed by atoms with Crippen LogP contribution in [0.1, 0.15) is 19.8 Å². The minimum absolute atomic E-state index is 0.0972. The molecule has 0 aromatic rings. The summed E-state index contributed by atoms with van der Waals surface area (Å²) in [6.45, 7) is 1.64. The molecule has 0 heterocycles. The van der Waals surface area contributed by atoms with E-state index in [9.17, 15) is 22.8 Å². The van der Waals surface area contributed by atoms with Gasteiger partial charge < -0.3 is 0 Å². The lowest BCUT2D eigenvalue weighted by atomic mass is 10.3. The lowest BCUT2D eigenvalue weighted by Gasteiger charge is -2.27. The Morgan fingerprint density at radius 1 is 1.20 bits per heavy atom. The Bertz CT molecular complexity index is 251. The standard InChI is InChI=1S/C8H13F3N2O2/c1-4-5-6(14)13(12(2)3)7(15)8(9,10)11/h4-5H2,1-3H3. The van der Waals surface area contributed by atoms with Gasteiger partial charge in [-0.05, 0) is 6.42 Å². The topological polar surface area (TPSA) is 40.6 Å². The highest BCUT2D eigenvalue weighted by molar-refractivity contribution is 5.97. The Morgan fingerprint density at radius 2 is 1.67 bits per heavy atom. The number of imide groups is 1. The molecule has 0 unspecified atom stereocenters. The monoisotopic (exact) mass is 226 g/mol. The van der Waals surface area contributed by atoms with Crippen molar-refractivity contribution in [3.63, 3.8) is 0 Å². The van der Waals surface area contributed by atoms with Crippen LogP contribution in [0.2, 0.25) is 0 Å². The van der Waals surface area contributed by atoms with Crippen molar-refractivity contribution in [1.82, 2.24) is 10.0 Å². The number of nitrogens with zero attached hydrogens (tertiary/aromatic N) is 2. The third-order valence-corrected chi connectivity index (χ3v) is 1.53. The van der Waals surface area contributed by atoms with Crippen LogP contribution in [0.25, 0.3) is 0 Å². The molecule has 0 spiro atoms. The van der Waals surface area contributed by atoms with E-state index in [0.29, 0.717) is 6.42 Å². The van der Waals surface area contributed by atoms with Crippen molar-refractivity contribution < 1.29 is 22.8 Å². The van der Waals surface area contributed by atoms with Gasteiger partial charge in [0.05, 0.1) is 0 Å². The summed E-state index contributed by atoms with van der Waals surface area (Å²) < 4.78 is 36.3. The first kappa shape index (κ1) is 13.9. The van der Waals surface area contributed by atoms with E-state index in [-0.39, 0.29) is 11.4 Å². The van der Waals surface area contributed by atoms with E-state index < -0.39 is 18.0 Å². The highest BCUT2D eigenvalue weighted by Crippen LogP contribution is 2.19. The number of hydrazine groups is 1. The summed E-state index contributed by atoms with van der Waals surface area (Å²) in [6.07, 6.45) is -4.75. The fraction of sp³-hybridized carbons (Fsp3) is 0.750. The lowest BCUT2D eigenvalue weighted by molar-refractivity contribution is -0.200. The highest BCUT2D eigenvalue weighted by Gasteiger charge is 2.45. The number of carbonyl (C=O) groups excluding carboxylic acids is 2. The smallest absolute Gasteiger partial charge is 0.273 e. The second kappa shape index (κ2) is 5.11. The second-order valence-corrected chi connectivity index (χ2v) is 3.11. The van der Waals surface area contributed by atoms with Gasteiger partial charge in [-0.25, -0.2) is 10.0 Å². The number of alkyl halides is 3. The van der Waals surface area contributed by atoms with E-state index in [2.05, 4.69) is 0 Å². The molecule has 0 rings (SSSR count).